The second kappa shape index (κ2) is 7.29. The van der Waals surface area contributed by atoms with E-state index in [1.807, 2.05) is 0 Å². The fourth-order valence-electron chi connectivity index (χ4n) is 3.70. The third kappa shape index (κ3) is 3.92. The molecule has 1 aromatic heterocycles. The molecule has 1 aromatic rings. The number of nitrogens with zero attached hydrogens (tertiary/aromatic N) is 4. The first-order valence-corrected chi connectivity index (χ1v) is 8.67. The number of rotatable bonds is 6. The highest BCUT2D eigenvalue weighted by Gasteiger charge is 2.36. The van der Waals surface area contributed by atoms with Gasteiger partial charge >= 0.3 is 0 Å². The van der Waals surface area contributed by atoms with Crippen LogP contribution in [0.4, 0.5) is 0 Å². The van der Waals surface area contributed by atoms with E-state index < -0.39 is 0 Å². The smallest absolute Gasteiger partial charge is 0.239 e. The van der Waals surface area contributed by atoms with E-state index in [1.54, 1.807) is 11.1 Å². The maximum absolute atomic E-state index is 12.3. The predicted octanol–water partition coefficient (Wildman–Crippen LogP) is -0.000300. The van der Waals surface area contributed by atoms with Crippen molar-refractivity contribution in [2.45, 2.75) is 39.3 Å². The zero-order chi connectivity index (χ0) is 17.1. The fourth-order valence-corrected chi connectivity index (χ4v) is 3.70. The van der Waals surface area contributed by atoms with Crippen molar-refractivity contribution in [3.63, 3.8) is 0 Å². The number of hydrogen-bond acceptors (Lipinski definition) is 5. The minimum Gasteiger partial charge on any atom is -0.350 e. The Morgan fingerprint density at radius 3 is 2.92 bits per heavy atom. The summed E-state index contributed by atoms with van der Waals surface area (Å²) >= 11 is 0. The van der Waals surface area contributed by atoms with Crippen molar-refractivity contribution in [3.05, 3.63) is 11.9 Å². The Bertz CT molecular complexity index is 573. The van der Waals surface area contributed by atoms with Gasteiger partial charge in [-0.1, -0.05) is 13.8 Å². The maximum atomic E-state index is 12.3. The molecule has 132 valence electrons. The highest BCUT2D eigenvalue weighted by Crippen LogP contribution is 2.25. The van der Waals surface area contributed by atoms with Crippen molar-refractivity contribution in [2.24, 2.45) is 11.8 Å². The molecule has 2 atom stereocenters. The molecule has 0 unspecified atom stereocenters. The summed E-state index contributed by atoms with van der Waals surface area (Å²) in [5.41, 5.74) is 0.909. The molecule has 2 fully saturated rings. The number of H-pyrrole nitrogens is 1. The molecule has 3 rings (SSSR count). The molecule has 8 heteroatoms. The zero-order valence-electron chi connectivity index (χ0n) is 14.4. The number of carbonyl (C=O) groups is 2. The molecule has 0 aromatic carbocycles. The molecule has 2 saturated heterocycles. The van der Waals surface area contributed by atoms with Crippen molar-refractivity contribution in [1.29, 1.82) is 0 Å². The third-order valence-electron chi connectivity index (χ3n) is 5.00. The first-order chi connectivity index (χ1) is 11.5. The largest absolute Gasteiger partial charge is 0.350 e. The van der Waals surface area contributed by atoms with Gasteiger partial charge in [0.15, 0.2) is 0 Å². The normalized spacial score (nSPS) is 25.0. The number of aromatic amines is 1. The summed E-state index contributed by atoms with van der Waals surface area (Å²) in [4.78, 5) is 28.0. The van der Waals surface area contributed by atoms with Gasteiger partial charge in [-0.2, -0.15) is 15.4 Å². The van der Waals surface area contributed by atoms with Gasteiger partial charge in [-0.05, 0) is 18.3 Å². The summed E-state index contributed by atoms with van der Waals surface area (Å²) in [5.74, 6) is 0.912. The van der Waals surface area contributed by atoms with Crippen LogP contribution < -0.4 is 5.32 Å². The zero-order valence-corrected chi connectivity index (χ0v) is 14.4. The topological polar surface area (TPSA) is 94.2 Å². The lowest BCUT2D eigenvalue weighted by Crippen LogP contribution is -2.46. The first kappa shape index (κ1) is 16.9. The van der Waals surface area contributed by atoms with Gasteiger partial charge in [-0.25, -0.2) is 0 Å². The molecule has 0 aliphatic carbocycles. The summed E-state index contributed by atoms with van der Waals surface area (Å²) in [6, 6.07) is 0.113. The summed E-state index contributed by atoms with van der Waals surface area (Å²) in [6.45, 7) is 7.72. The fraction of sp³-hybridized carbons (Fsp3) is 0.750. The molecular formula is C16H26N6O2. The molecule has 2 aliphatic heterocycles. The second-order valence-corrected chi connectivity index (χ2v) is 7.16. The molecule has 2 amide bonds. The Kier molecular flexibility index (Phi) is 5.13. The molecule has 0 bridgehead atoms. The van der Waals surface area contributed by atoms with Gasteiger partial charge in [0.1, 0.15) is 0 Å². The van der Waals surface area contributed by atoms with Crippen molar-refractivity contribution in [2.75, 3.05) is 26.2 Å². The average Bonchev–Trinajstić information content (AvgIpc) is 3.23. The quantitative estimate of drug-likeness (QED) is 0.764. The van der Waals surface area contributed by atoms with Gasteiger partial charge in [-0.3, -0.25) is 14.5 Å². The number of hydrogen-bond donors (Lipinski definition) is 2. The van der Waals surface area contributed by atoms with Gasteiger partial charge < -0.3 is 10.2 Å². The Morgan fingerprint density at radius 2 is 2.29 bits per heavy atom. The van der Waals surface area contributed by atoms with Crippen LogP contribution in [0.25, 0.3) is 0 Å². The van der Waals surface area contributed by atoms with Gasteiger partial charge in [0, 0.05) is 38.6 Å². The van der Waals surface area contributed by atoms with Crippen molar-refractivity contribution < 1.29 is 9.59 Å². The highest BCUT2D eigenvalue weighted by molar-refractivity contribution is 5.86. The minimum atomic E-state index is -0.0517. The number of likely N-dealkylation sites (tertiary alicyclic amines) is 2. The Morgan fingerprint density at radius 1 is 1.46 bits per heavy atom. The van der Waals surface area contributed by atoms with Crippen LogP contribution in [0.15, 0.2) is 6.20 Å². The van der Waals surface area contributed by atoms with Gasteiger partial charge in [-0.15, -0.1) is 0 Å². The first-order valence-electron chi connectivity index (χ1n) is 8.67. The maximum Gasteiger partial charge on any atom is 0.239 e. The minimum absolute atomic E-state index is 0.0517. The average molecular weight is 334 g/mol. The van der Waals surface area contributed by atoms with E-state index in [-0.39, 0.29) is 24.4 Å². The lowest BCUT2D eigenvalue weighted by molar-refractivity contribution is -0.133. The van der Waals surface area contributed by atoms with Crippen molar-refractivity contribution in [3.8, 4) is 0 Å². The summed E-state index contributed by atoms with van der Waals surface area (Å²) < 4.78 is 0. The lowest BCUT2D eigenvalue weighted by atomic mass is 9.91. The van der Waals surface area contributed by atoms with E-state index in [0.717, 1.165) is 31.7 Å². The van der Waals surface area contributed by atoms with Crippen LogP contribution in [-0.4, -0.2) is 69.2 Å². The van der Waals surface area contributed by atoms with E-state index in [9.17, 15) is 9.59 Å². The molecule has 0 saturated carbocycles. The second-order valence-electron chi connectivity index (χ2n) is 7.16. The third-order valence-corrected chi connectivity index (χ3v) is 5.00. The lowest BCUT2D eigenvalue weighted by Gasteiger charge is -2.24. The number of carbonyl (C=O) groups excluding carboxylic acids is 2. The molecule has 3 heterocycles. The van der Waals surface area contributed by atoms with E-state index in [1.165, 1.54) is 0 Å². The standard InChI is InChI=1S/C16H26N6O2/c1-11(2)13-8-21(7-12-6-17-20-19-12)9-14(13)18-15(23)10-22-5-3-4-16(22)24/h6,11,13-14H,3-5,7-10H2,1-2H3,(H,18,23)(H,17,19,20)/t13-,14+/m1/s1. The van der Waals surface area contributed by atoms with E-state index in [2.05, 4.69) is 39.5 Å². The SMILES string of the molecule is CC(C)[C@H]1CN(Cc2cn[nH]n2)C[C@@H]1NC(=O)CN1CCCC1=O. The van der Waals surface area contributed by atoms with Crippen LogP contribution in [0.2, 0.25) is 0 Å². The number of nitrogens with one attached hydrogen (secondary N) is 2. The van der Waals surface area contributed by atoms with Crippen molar-refractivity contribution in [1.82, 2.24) is 30.5 Å². The van der Waals surface area contributed by atoms with E-state index in [0.29, 0.717) is 24.8 Å². The molecule has 0 spiro atoms. The number of amides is 2. The van der Waals surface area contributed by atoms with Gasteiger partial charge in [0.25, 0.3) is 0 Å². The van der Waals surface area contributed by atoms with Crippen LogP contribution in [-0.2, 0) is 16.1 Å². The van der Waals surface area contributed by atoms with Gasteiger partial charge in [0.2, 0.25) is 11.8 Å². The van der Waals surface area contributed by atoms with E-state index in [4.69, 9.17) is 0 Å². The van der Waals surface area contributed by atoms with Crippen LogP contribution in [0.3, 0.4) is 0 Å². The summed E-state index contributed by atoms with van der Waals surface area (Å²) in [6.07, 6.45) is 3.15. The monoisotopic (exact) mass is 334 g/mol. The molecule has 24 heavy (non-hydrogen) atoms. The molecule has 2 N–H and O–H groups in total. The van der Waals surface area contributed by atoms with Crippen LogP contribution in [0.1, 0.15) is 32.4 Å². The van der Waals surface area contributed by atoms with Crippen LogP contribution in [0, 0.1) is 11.8 Å². The predicted molar refractivity (Wildman–Crippen MR) is 87.7 cm³/mol. The van der Waals surface area contributed by atoms with Crippen molar-refractivity contribution >= 4 is 11.8 Å². The summed E-state index contributed by atoms with van der Waals surface area (Å²) in [5, 5.41) is 13.7. The molecular weight excluding hydrogens is 308 g/mol. The Labute approximate surface area is 142 Å². The molecule has 0 radical (unpaired) electrons. The molecule has 2 aliphatic rings. The van der Waals surface area contributed by atoms with E-state index >= 15 is 0 Å². The van der Waals surface area contributed by atoms with Gasteiger partial charge in [0.05, 0.1) is 18.4 Å². The summed E-state index contributed by atoms with van der Waals surface area (Å²) in [7, 11) is 0. The van der Waals surface area contributed by atoms with Crippen LogP contribution in [0.5, 0.6) is 0 Å². The highest BCUT2D eigenvalue weighted by atomic mass is 16.2. The Hall–Kier alpha value is -1.96. The number of aromatic nitrogens is 3. The Balaban J connectivity index is 1.56. The molecule has 8 nitrogen and oxygen atoms in total. The van der Waals surface area contributed by atoms with Crippen LogP contribution >= 0.6 is 0 Å².